The molecular formula is C15H23NO3. The molecule has 0 aliphatic carbocycles. The van der Waals surface area contributed by atoms with Gasteiger partial charge in [0.2, 0.25) is 5.91 Å². The maximum Gasteiger partial charge on any atom is 0.220 e. The van der Waals surface area contributed by atoms with Gasteiger partial charge in [0, 0.05) is 19.0 Å². The van der Waals surface area contributed by atoms with E-state index in [-0.39, 0.29) is 5.91 Å². The maximum atomic E-state index is 11.6. The molecule has 0 aliphatic heterocycles. The molecule has 0 spiro atoms. The van der Waals surface area contributed by atoms with E-state index in [1.54, 1.807) is 14.2 Å². The summed E-state index contributed by atoms with van der Waals surface area (Å²) in [7, 11) is 3.24. The van der Waals surface area contributed by atoms with Gasteiger partial charge in [-0.05, 0) is 30.5 Å². The number of nitrogens with one attached hydrogen (secondary N) is 1. The molecule has 1 N–H and O–H groups in total. The summed E-state index contributed by atoms with van der Waals surface area (Å²) >= 11 is 0. The smallest absolute Gasteiger partial charge is 0.220 e. The fourth-order valence-electron chi connectivity index (χ4n) is 1.76. The van der Waals surface area contributed by atoms with E-state index in [0.717, 1.165) is 36.4 Å². The molecule has 0 unspecified atom stereocenters. The highest BCUT2D eigenvalue weighted by atomic mass is 16.5. The standard InChI is InChI=1S/C15H23NO3/c1-4-5-8-16-15(17)7-6-12-9-13(18-2)11-14(10-12)19-3/h9-11H,4-8H2,1-3H3,(H,16,17). The lowest BCUT2D eigenvalue weighted by atomic mass is 10.1. The quantitative estimate of drug-likeness (QED) is 0.735. The topological polar surface area (TPSA) is 47.6 Å². The average molecular weight is 265 g/mol. The third-order valence-electron chi connectivity index (χ3n) is 2.90. The van der Waals surface area contributed by atoms with Crippen molar-refractivity contribution in [1.82, 2.24) is 5.32 Å². The van der Waals surface area contributed by atoms with Gasteiger partial charge in [-0.1, -0.05) is 13.3 Å². The molecule has 106 valence electrons. The van der Waals surface area contributed by atoms with Crippen molar-refractivity contribution in [2.75, 3.05) is 20.8 Å². The van der Waals surface area contributed by atoms with Crippen LogP contribution in [-0.4, -0.2) is 26.7 Å². The van der Waals surface area contributed by atoms with E-state index in [1.165, 1.54) is 0 Å². The van der Waals surface area contributed by atoms with Crippen molar-refractivity contribution < 1.29 is 14.3 Å². The lowest BCUT2D eigenvalue weighted by molar-refractivity contribution is -0.121. The number of rotatable bonds is 8. The van der Waals surface area contributed by atoms with Gasteiger partial charge in [-0.15, -0.1) is 0 Å². The second-order valence-electron chi connectivity index (χ2n) is 4.42. The number of unbranched alkanes of at least 4 members (excludes halogenated alkanes) is 1. The third kappa shape index (κ3) is 5.64. The van der Waals surface area contributed by atoms with Crippen LogP contribution in [-0.2, 0) is 11.2 Å². The van der Waals surface area contributed by atoms with Crippen molar-refractivity contribution >= 4 is 5.91 Å². The number of ether oxygens (including phenoxy) is 2. The van der Waals surface area contributed by atoms with Crippen LogP contribution >= 0.6 is 0 Å². The number of carbonyl (C=O) groups is 1. The van der Waals surface area contributed by atoms with Crippen LogP contribution < -0.4 is 14.8 Å². The molecule has 4 heteroatoms. The number of aryl methyl sites for hydroxylation is 1. The van der Waals surface area contributed by atoms with Crippen LogP contribution in [0, 0.1) is 0 Å². The Labute approximate surface area is 115 Å². The van der Waals surface area contributed by atoms with E-state index in [4.69, 9.17) is 9.47 Å². The summed E-state index contributed by atoms with van der Waals surface area (Å²) in [5.41, 5.74) is 1.04. The number of hydrogen-bond acceptors (Lipinski definition) is 3. The van der Waals surface area contributed by atoms with Crippen molar-refractivity contribution in [2.45, 2.75) is 32.6 Å². The van der Waals surface area contributed by atoms with Crippen molar-refractivity contribution in [3.05, 3.63) is 23.8 Å². The maximum absolute atomic E-state index is 11.6. The highest BCUT2D eigenvalue weighted by molar-refractivity contribution is 5.76. The molecule has 0 radical (unpaired) electrons. The zero-order chi connectivity index (χ0) is 14.1. The van der Waals surface area contributed by atoms with Crippen molar-refractivity contribution in [3.63, 3.8) is 0 Å². The van der Waals surface area contributed by atoms with Crippen LogP contribution in [0.5, 0.6) is 11.5 Å². The summed E-state index contributed by atoms with van der Waals surface area (Å²) in [5, 5.41) is 2.91. The van der Waals surface area contributed by atoms with Crippen LogP contribution in [0.3, 0.4) is 0 Å². The minimum atomic E-state index is 0.0928. The minimum absolute atomic E-state index is 0.0928. The molecule has 1 aromatic carbocycles. The molecule has 0 bridgehead atoms. The summed E-state index contributed by atoms with van der Waals surface area (Å²) in [6.45, 7) is 2.87. The van der Waals surface area contributed by atoms with E-state index < -0.39 is 0 Å². The molecule has 0 heterocycles. The predicted octanol–water partition coefficient (Wildman–Crippen LogP) is 2.55. The van der Waals surface area contributed by atoms with Crippen molar-refractivity contribution in [3.8, 4) is 11.5 Å². The molecule has 0 fully saturated rings. The van der Waals surface area contributed by atoms with E-state index in [0.29, 0.717) is 12.8 Å². The normalized spacial score (nSPS) is 10.1. The Bertz CT molecular complexity index is 382. The molecule has 0 saturated heterocycles. The van der Waals surface area contributed by atoms with Crippen LogP contribution in [0.4, 0.5) is 0 Å². The van der Waals surface area contributed by atoms with Gasteiger partial charge in [-0.3, -0.25) is 4.79 Å². The third-order valence-corrected chi connectivity index (χ3v) is 2.90. The first-order valence-corrected chi connectivity index (χ1v) is 6.68. The Balaban J connectivity index is 2.50. The highest BCUT2D eigenvalue weighted by Gasteiger charge is 2.05. The Hall–Kier alpha value is -1.71. The zero-order valence-corrected chi connectivity index (χ0v) is 12.0. The lowest BCUT2D eigenvalue weighted by Crippen LogP contribution is -2.24. The van der Waals surface area contributed by atoms with Crippen LogP contribution in [0.1, 0.15) is 31.7 Å². The summed E-state index contributed by atoms with van der Waals surface area (Å²) in [5.74, 6) is 1.59. The van der Waals surface area contributed by atoms with Crippen molar-refractivity contribution in [1.29, 1.82) is 0 Å². The monoisotopic (exact) mass is 265 g/mol. The van der Waals surface area contributed by atoms with E-state index >= 15 is 0 Å². The Morgan fingerprint density at radius 1 is 1.16 bits per heavy atom. The summed E-state index contributed by atoms with van der Waals surface area (Å²) in [4.78, 5) is 11.6. The first kappa shape index (κ1) is 15.3. The second kappa shape index (κ2) is 8.40. The number of carbonyl (C=O) groups excluding carboxylic acids is 1. The Morgan fingerprint density at radius 3 is 2.32 bits per heavy atom. The number of hydrogen-bond donors (Lipinski definition) is 1. The second-order valence-corrected chi connectivity index (χ2v) is 4.42. The Morgan fingerprint density at radius 2 is 1.79 bits per heavy atom. The molecular weight excluding hydrogens is 242 g/mol. The predicted molar refractivity (Wildman–Crippen MR) is 75.8 cm³/mol. The van der Waals surface area contributed by atoms with Crippen LogP contribution in [0.2, 0.25) is 0 Å². The average Bonchev–Trinajstić information content (AvgIpc) is 2.45. The lowest BCUT2D eigenvalue weighted by Gasteiger charge is -2.08. The van der Waals surface area contributed by atoms with Gasteiger partial charge >= 0.3 is 0 Å². The fraction of sp³-hybridized carbons (Fsp3) is 0.533. The van der Waals surface area contributed by atoms with E-state index in [9.17, 15) is 4.79 Å². The molecule has 1 amide bonds. The largest absolute Gasteiger partial charge is 0.497 e. The van der Waals surface area contributed by atoms with Gasteiger partial charge in [-0.25, -0.2) is 0 Å². The van der Waals surface area contributed by atoms with Gasteiger partial charge in [0.15, 0.2) is 0 Å². The first-order chi connectivity index (χ1) is 9.19. The van der Waals surface area contributed by atoms with E-state index in [1.807, 2.05) is 18.2 Å². The molecule has 0 aromatic heterocycles. The van der Waals surface area contributed by atoms with Gasteiger partial charge in [-0.2, -0.15) is 0 Å². The fourth-order valence-corrected chi connectivity index (χ4v) is 1.76. The van der Waals surface area contributed by atoms with Gasteiger partial charge < -0.3 is 14.8 Å². The van der Waals surface area contributed by atoms with Crippen LogP contribution in [0.15, 0.2) is 18.2 Å². The summed E-state index contributed by atoms with van der Waals surface area (Å²) in [6, 6.07) is 5.69. The first-order valence-electron chi connectivity index (χ1n) is 6.68. The number of methoxy groups -OCH3 is 2. The van der Waals surface area contributed by atoms with Crippen LogP contribution in [0.25, 0.3) is 0 Å². The highest BCUT2D eigenvalue weighted by Crippen LogP contribution is 2.23. The SMILES string of the molecule is CCCCNC(=O)CCc1cc(OC)cc(OC)c1. The molecule has 1 aromatic rings. The van der Waals surface area contributed by atoms with E-state index in [2.05, 4.69) is 12.2 Å². The Kier molecular flexibility index (Phi) is 6.79. The molecule has 4 nitrogen and oxygen atoms in total. The van der Waals surface area contributed by atoms with Crippen molar-refractivity contribution in [2.24, 2.45) is 0 Å². The van der Waals surface area contributed by atoms with Gasteiger partial charge in [0.05, 0.1) is 14.2 Å². The molecule has 19 heavy (non-hydrogen) atoms. The molecule has 0 saturated carbocycles. The zero-order valence-electron chi connectivity index (χ0n) is 12.0. The number of amides is 1. The molecule has 0 aliphatic rings. The number of benzene rings is 1. The van der Waals surface area contributed by atoms with Gasteiger partial charge in [0.1, 0.15) is 11.5 Å². The minimum Gasteiger partial charge on any atom is -0.497 e. The summed E-state index contributed by atoms with van der Waals surface area (Å²) in [6.07, 6.45) is 3.29. The van der Waals surface area contributed by atoms with Gasteiger partial charge in [0.25, 0.3) is 0 Å². The summed E-state index contributed by atoms with van der Waals surface area (Å²) < 4.78 is 10.4. The molecule has 0 atom stereocenters. The molecule has 1 rings (SSSR count).